The van der Waals surface area contributed by atoms with Gasteiger partial charge in [-0.15, -0.1) is 10.2 Å². The van der Waals surface area contributed by atoms with E-state index in [0.29, 0.717) is 17.1 Å². The minimum atomic E-state index is 0.625. The number of nitrogens with zero attached hydrogens (tertiary/aromatic N) is 5. The van der Waals surface area contributed by atoms with Gasteiger partial charge in [0.15, 0.2) is 5.82 Å². The third-order valence-electron chi connectivity index (χ3n) is 2.80. The molecule has 0 spiro atoms. The Morgan fingerprint density at radius 3 is 2.25 bits per heavy atom. The van der Waals surface area contributed by atoms with Crippen molar-refractivity contribution in [2.45, 2.75) is 0 Å². The van der Waals surface area contributed by atoms with Gasteiger partial charge in [-0.05, 0) is 24.3 Å². The molecule has 0 aliphatic heterocycles. The molecular formula is C14H8BrN5. The number of rotatable bonds is 2. The first-order chi connectivity index (χ1) is 9.78. The Bertz CT molecular complexity index is 769. The second-order valence-corrected chi connectivity index (χ2v) is 4.82. The van der Waals surface area contributed by atoms with E-state index >= 15 is 0 Å². The fraction of sp³-hybridized carbons (Fsp3) is 0. The normalized spacial score (nSPS) is 10.2. The van der Waals surface area contributed by atoms with Crippen molar-refractivity contribution in [1.29, 1.82) is 5.26 Å². The third-order valence-corrected chi connectivity index (χ3v) is 3.37. The van der Waals surface area contributed by atoms with Gasteiger partial charge in [-0.3, -0.25) is 3.59 Å². The van der Waals surface area contributed by atoms with Gasteiger partial charge in [0.2, 0.25) is 0 Å². The molecule has 0 bridgehead atoms. The number of aromatic nitrogens is 4. The summed E-state index contributed by atoms with van der Waals surface area (Å²) in [5, 5.41) is 17.1. The van der Waals surface area contributed by atoms with E-state index in [2.05, 4.69) is 37.4 Å². The fourth-order valence-electron chi connectivity index (χ4n) is 1.78. The van der Waals surface area contributed by atoms with Crippen LogP contribution in [0.5, 0.6) is 0 Å². The van der Waals surface area contributed by atoms with E-state index in [1.807, 2.05) is 24.3 Å². The Labute approximate surface area is 123 Å². The predicted octanol–water partition coefficient (Wildman–Crippen LogP) is 3.04. The number of halogens is 1. The zero-order valence-electron chi connectivity index (χ0n) is 10.2. The van der Waals surface area contributed by atoms with Crippen LogP contribution >= 0.6 is 16.1 Å². The Morgan fingerprint density at radius 1 is 1.00 bits per heavy atom. The largest absolute Gasteiger partial charge is 0.265 e. The minimum absolute atomic E-state index is 0.625. The molecule has 2 aromatic heterocycles. The second kappa shape index (κ2) is 5.23. The quantitative estimate of drug-likeness (QED) is 0.726. The van der Waals surface area contributed by atoms with E-state index in [1.54, 1.807) is 28.1 Å². The van der Waals surface area contributed by atoms with Crippen LogP contribution in [0.3, 0.4) is 0 Å². The summed E-state index contributed by atoms with van der Waals surface area (Å²) in [6.45, 7) is 0. The van der Waals surface area contributed by atoms with Gasteiger partial charge in [0.25, 0.3) is 0 Å². The molecule has 0 fully saturated rings. The summed E-state index contributed by atoms with van der Waals surface area (Å²) in [7, 11) is 0. The molecule has 2 heterocycles. The Hall–Kier alpha value is -2.52. The van der Waals surface area contributed by atoms with E-state index in [1.165, 1.54) is 0 Å². The first-order valence-electron chi connectivity index (χ1n) is 5.82. The van der Waals surface area contributed by atoms with Crippen LogP contribution in [0.25, 0.3) is 22.8 Å². The number of imidazole rings is 1. The SMILES string of the molecule is N#Cc1ccc(-c2ccc(-c3nccn3Br)nn2)cc1. The smallest absolute Gasteiger partial charge is 0.170 e. The highest BCUT2D eigenvalue weighted by Crippen LogP contribution is 2.20. The average molecular weight is 326 g/mol. The van der Waals surface area contributed by atoms with Gasteiger partial charge < -0.3 is 0 Å². The minimum Gasteiger partial charge on any atom is -0.265 e. The molecule has 0 unspecified atom stereocenters. The molecule has 0 saturated carbocycles. The molecule has 0 amide bonds. The fourth-order valence-corrected chi connectivity index (χ4v) is 2.16. The first-order valence-corrected chi connectivity index (χ1v) is 6.53. The summed E-state index contributed by atoms with van der Waals surface area (Å²) in [5.74, 6) is 0.698. The second-order valence-electron chi connectivity index (χ2n) is 4.06. The van der Waals surface area contributed by atoms with Crippen LogP contribution in [0.2, 0.25) is 0 Å². The van der Waals surface area contributed by atoms with Crippen LogP contribution in [0.1, 0.15) is 5.56 Å². The van der Waals surface area contributed by atoms with E-state index in [0.717, 1.165) is 11.3 Å². The van der Waals surface area contributed by atoms with Gasteiger partial charge in [0, 0.05) is 18.0 Å². The van der Waals surface area contributed by atoms with Crippen molar-refractivity contribution >= 4 is 16.1 Å². The van der Waals surface area contributed by atoms with Crippen LogP contribution in [0.15, 0.2) is 48.8 Å². The number of hydrogen-bond donors (Lipinski definition) is 0. The lowest BCUT2D eigenvalue weighted by Gasteiger charge is -2.02. The monoisotopic (exact) mass is 325 g/mol. The lowest BCUT2D eigenvalue weighted by molar-refractivity contribution is 1.02. The van der Waals surface area contributed by atoms with Gasteiger partial charge in [-0.25, -0.2) is 4.98 Å². The van der Waals surface area contributed by atoms with Crippen molar-refractivity contribution in [3.05, 3.63) is 54.4 Å². The molecule has 0 aliphatic rings. The summed E-state index contributed by atoms with van der Waals surface area (Å²) in [5.41, 5.74) is 2.99. The van der Waals surface area contributed by atoms with Gasteiger partial charge in [0.05, 0.1) is 33.5 Å². The van der Waals surface area contributed by atoms with Crippen LogP contribution in [-0.4, -0.2) is 18.8 Å². The molecule has 0 aliphatic carbocycles. The number of nitriles is 1. The maximum absolute atomic E-state index is 8.78. The lowest BCUT2D eigenvalue weighted by atomic mass is 10.1. The van der Waals surface area contributed by atoms with Gasteiger partial charge in [0.1, 0.15) is 5.69 Å². The summed E-state index contributed by atoms with van der Waals surface area (Å²) in [6.07, 6.45) is 3.46. The van der Waals surface area contributed by atoms with E-state index in [4.69, 9.17) is 5.26 Å². The molecule has 96 valence electrons. The third kappa shape index (κ3) is 2.31. The van der Waals surface area contributed by atoms with Crippen LogP contribution in [0, 0.1) is 11.3 Å². The zero-order chi connectivity index (χ0) is 13.9. The van der Waals surface area contributed by atoms with Crippen LogP contribution in [-0.2, 0) is 0 Å². The molecule has 5 nitrogen and oxygen atoms in total. The number of benzene rings is 1. The zero-order valence-corrected chi connectivity index (χ0v) is 11.8. The summed E-state index contributed by atoms with van der Waals surface area (Å²) < 4.78 is 1.71. The van der Waals surface area contributed by atoms with Gasteiger partial charge in [-0.1, -0.05) is 12.1 Å². The summed E-state index contributed by atoms with van der Waals surface area (Å²) >= 11 is 3.34. The first kappa shape index (κ1) is 12.5. The Kier molecular flexibility index (Phi) is 3.27. The molecular weight excluding hydrogens is 318 g/mol. The molecule has 0 saturated heterocycles. The Balaban J connectivity index is 1.93. The molecule has 3 aromatic rings. The maximum atomic E-state index is 8.78. The molecule has 0 atom stereocenters. The van der Waals surface area contributed by atoms with Crippen molar-refractivity contribution in [2.24, 2.45) is 0 Å². The predicted molar refractivity (Wildman–Crippen MR) is 77.7 cm³/mol. The topological polar surface area (TPSA) is 67.4 Å². The molecule has 0 N–H and O–H groups in total. The molecule has 20 heavy (non-hydrogen) atoms. The summed E-state index contributed by atoms with van der Waals surface area (Å²) in [4.78, 5) is 4.19. The lowest BCUT2D eigenvalue weighted by Crippen LogP contribution is -1.94. The Morgan fingerprint density at radius 2 is 1.70 bits per heavy atom. The van der Waals surface area contributed by atoms with Crippen molar-refractivity contribution < 1.29 is 0 Å². The molecule has 3 rings (SSSR count). The van der Waals surface area contributed by atoms with Crippen molar-refractivity contribution in [1.82, 2.24) is 18.8 Å². The molecule has 0 radical (unpaired) electrons. The standard InChI is InChI=1S/C14H8BrN5/c15-20-8-7-17-14(20)13-6-5-12(18-19-13)11-3-1-10(9-16)2-4-11/h1-8H. The van der Waals surface area contributed by atoms with Crippen molar-refractivity contribution in [3.8, 4) is 28.8 Å². The average Bonchev–Trinajstić information content (AvgIpc) is 2.94. The summed E-state index contributed by atoms with van der Waals surface area (Å²) in [6, 6.07) is 13.1. The molecule has 6 heteroatoms. The van der Waals surface area contributed by atoms with Crippen molar-refractivity contribution in [3.63, 3.8) is 0 Å². The van der Waals surface area contributed by atoms with Gasteiger partial charge in [-0.2, -0.15) is 5.26 Å². The number of hydrogen-bond acceptors (Lipinski definition) is 4. The van der Waals surface area contributed by atoms with E-state index < -0.39 is 0 Å². The maximum Gasteiger partial charge on any atom is 0.170 e. The highest BCUT2D eigenvalue weighted by atomic mass is 79.9. The highest BCUT2D eigenvalue weighted by Gasteiger charge is 2.07. The molecule has 1 aromatic carbocycles. The van der Waals surface area contributed by atoms with Gasteiger partial charge >= 0.3 is 0 Å². The van der Waals surface area contributed by atoms with Crippen molar-refractivity contribution in [2.75, 3.05) is 0 Å². The highest BCUT2D eigenvalue weighted by molar-refractivity contribution is 9.08. The van der Waals surface area contributed by atoms with E-state index in [-0.39, 0.29) is 0 Å². The van der Waals surface area contributed by atoms with E-state index in [9.17, 15) is 0 Å². The van der Waals surface area contributed by atoms with Crippen LogP contribution < -0.4 is 0 Å². The van der Waals surface area contributed by atoms with Crippen LogP contribution in [0.4, 0.5) is 0 Å².